The van der Waals surface area contributed by atoms with Gasteiger partial charge in [0, 0.05) is 16.8 Å². The molecule has 7 heteroatoms. The van der Waals surface area contributed by atoms with Crippen LogP contribution in [-0.2, 0) is 14.8 Å². The van der Waals surface area contributed by atoms with Gasteiger partial charge in [0.05, 0.1) is 10.8 Å². The van der Waals surface area contributed by atoms with Crippen LogP contribution in [0.2, 0.25) is 5.02 Å². The first-order valence-corrected chi connectivity index (χ1v) is 9.36. The molecule has 0 fully saturated rings. The van der Waals surface area contributed by atoms with Crippen molar-refractivity contribution in [2.75, 3.05) is 5.32 Å². The Morgan fingerprint density at radius 1 is 1.21 bits per heavy atom. The highest BCUT2D eigenvalue weighted by Gasteiger charge is 2.28. The normalized spacial score (nSPS) is 18.1. The predicted octanol–water partition coefficient (Wildman–Crippen LogP) is 3.44. The minimum absolute atomic E-state index is 0.125. The van der Waals surface area contributed by atoms with Crippen LogP contribution in [-0.4, -0.2) is 14.3 Å². The van der Waals surface area contributed by atoms with Gasteiger partial charge in [0.1, 0.15) is 0 Å². The number of sulfonamides is 1. The Kier molecular flexibility index (Phi) is 4.38. The summed E-state index contributed by atoms with van der Waals surface area (Å²) in [5, 5.41) is 3.28. The average Bonchev–Trinajstić information content (AvgIpc) is 2.81. The monoisotopic (exact) mass is 364 g/mol. The molecular formula is C17H17ClN2O3S. The third-order valence-corrected chi connectivity index (χ3v) is 5.91. The fraction of sp³-hybridized carbons (Fsp3) is 0.235. The summed E-state index contributed by atoms with van der Waals surface area (Å²) >= 11 is 5.95. The van der Waals surface area contributed by atoms with Crippen molar-refractivity contribution in [2.24, 2.45) is 0 Å². The van der Waals surface area contributed by atoms with Crippen molar-refractivity contribution in [3.05, 3.63) is 58.6 Å². The maximum Gasteiger partial charge on any atom is 0.241 e. The van der Waals surface area contributed by atoms with E-state index in [0.717, 1.165) is 5.56 Å². The lowest BCUT2D eigenvalue weighted by Crippen LogP contribution is -2.27. The minimum Gasteiger partial charge on any atom is -0.325 e. The largest absolute Gasteiger partial charge is 0.325 e. The molecule has 1 aliphatic rings. The van der Waals surface area contributed by atoms with Gasteiger partial charge >= 0.3 is 0 Å². The van der Waals surface area contributed by atoms with Crippen molar-refractivity contribution in [1.29, 1.82) is 0 Å². The number of nitrogens with one attached hydrogen (secondary N) is 2. The molecule has 0 saturated heterocycles. The van der Waals surface area contributed by atoms with Crippen LogP contribution < -0.4 is 10.0 Å². The van der Waals surface area contributed by atoms with E-state index in [-0.39, 0.29) is 16.7 Å². The second-order valence-electron chi connectivity index (χ2n) is 5.86. The Morgan fingerprint density at radius 2 is 1.96 bits per heavy atom. The van der Waals surface area contributed by atoms with Gasteiger partial charge < -0.3 is 5.32 Å². The van der Waals surface area contributed by atoms with Gasteiger partial charge in [-0.05, 0) is 55.3 Å². The van der Waals surface area contributed by atoms with E-state index in [2.05, 4.69) is 10.0 Å². The fourth-order valence-corrected chi connectivity index (χ4v) is 4.17. The summed E-state index contributed by atoms with van der Waals surface area (Å²) in [6, 6.07) is 11.3. The van der Waals surface area contributed by atoms with Crippen LogP contribution in [0.3, 0.4) is 0 Å². The van der Waals surface area contributed by atoms with Crippen molar-refractivity contribution in [2.45, 2.75) is 30.7 Å². The number of hydrogen-bond acceptors (Lipinski definition) is 3. The van der Waals surface area contributed by atoms with E-state index in [4.69, 9.17) is 11.6 Å². The van der Waals surface area contributed by atoms with Gasteiger partial charge in [-0.1, -0.05) is 23.7 Å². The van der Waals surface area contributed by atoms with E-state index < -0.39 is 16.1 Å². The zero-order chi connectivity index (χ0) is 17.5. The Hall–Kier alpha value is -1.89. The number of benzene rings is 2. The van der Waals surface area contributed by atoms with Crippen LogP contribution in [0.15, 0.2) is 47.4 Å². The predicted molar refractivity (Wildman–Crippen MR) is 93.7 cm³/mol. The molecule has 2 aromatic carbocycles. The van der Waals surface area contributed by atoms with Crippen LogP contribution >= 0.6 is 11.6 Å². The van der Waals surface area contributed by atoms with E-state index >= 15 is 0 Å². The lowest BCUT2D eigenvalue weighted by molar-refractivity contribution is -0.116. The molecule has 0 saturated carbocycles. The molecule has 0 bridgehead atoms. The molecule has 5 nitrogen and oxygen atoms in total. The second kappa shape index (κ2) is 6.20. The van der Waals surface area contributed by atoms with E-state index in [1.54, 1.807) is 44.2 Å². The highest BCUT2D eigenvalue weighted by Crippen LogP contribution is 2.34. The first kappa shape index (κ1) is 17.0. The quantitative estimate of drug-likeness (QED) is 0.872. The van der Waals surface area contributed by atoms with Gasteiger partial charge in [0.25, 0.3) is 0 Å². The second-order valence-corrected chi connectivity index (χ2v) is 8.01. The topological polar surface area (TPSA) is 75.3 Å². The third-order valence-electron chi connectivity index (χ3n) is 4.13. The van der Waals surface area contributed by atoms with Crippen LogP contribution in [0.1, 0.15) is 36.9 Å². The molecule has 0 radical (unpaired) electrons. The van der Waals surface area contributed by atoms with E-state index in [1.165, 1.54) is 6.07 Å². The van der Waals surface area contributed by atoms with Crippen LogP contribution in [0.25, 0.3) is 0 Å². The summed E-state index contributed by atoms with van der Waals surface area (Å²) in [5.41, 5.74) is 2.13. The number of hydrogen-bond donors (Lipinski definition) is 2. The van der Waals surface area contributed by atoms with Gasteiger partial charge in [-0.3, -0.25) is 4.79 Å². The summed E-state index contributed by atoms with van der Waals surface area (Å²) < 4.78 is 27.9. The molecule has 3 rings (SSSR count). The van der Waals surface area contributed by atoms with Gasteiger partial charge in [0.2, 0.25) is 15.9 Å². The number of carbonyl (C=O) groups excluding carboxylic acids is 1. The van der Waals surface area contributed by atoms with E-state index in [9.17, 15) is 13.2 Å². The van der Waals surface area contributed by atoms with Crippen LogP contribution in [0.5, 0.6) is 0 Å². The first-order valence-electron chi connectivity index (χ1n) is 7.50. The number of anilines is 1. The molecule has 2 atom stereocenters. The molecule has 1 heterocycles. The first-order chi connectivity index (χ1) is 11.3. The lowest BCUT2D eigenvalue weighted by Gasteiger charge is -2.15. The maximum atomic E-state index is 12.6. The molecule has 0 aliphatic carbocycles. The maximum absolute atomic E-state index is 12.6. The summed E-state index contributed by atoms with van der Waals surface area (Å²) in [5.74, 6) is -0.486. The highest BCUT2D eigenvalue weighted by atomic mass is 35.5. The molecule has 0 unspecified atom stereocenters. The molecule has 2 N–H and O–H groups in total. The number of halogens is 1. The molecule has 1 aliphatic heterocycles. The van der Waals surface area contributed by atoms with Crippen molar-refractivity contribution in [1.82, 2.24) is 4.72 Å². The van der Waals surface area contributed by atoms with Crippen LogP contribution in [0.4, 0.5) is 5.69 Å². The number of amides is 1. The van der Waals surface area contributed by atoms with Crippen molar-refractivity contribution in [3.63, 3.8) is 0 Å². The molecule has 1 amide bonds. The van der Waals surface area contributed by atoms with Gasteiger partial charge in [-0.15, -0.1) is 0 Å². The average molecular weight is 365 g/mol. The van der Waals surface area contributed by atoms with Gasteiger partial charge in [-0.25, -0.2) is 13.1 Å². The molecule has 2 aromatic rings. The number of fused-ring (bicyclic) bond motifs is 1. The molecule has 0 spiro atoms. The third kappa shape index (κ3) is 3.17. The summed E-state index contributed by atoms with van der Waals surface area (Å²) in [4.78, 5) is 11.8. The molecule has 126 valence electrons. The molecular weight excluding hydrogens is 348 g/mol. The SMILES string of the molecule is C[C@@H]1C(=O)Nc2ccc(S(=O)(=O)N[C@H](C)c3cccc(Cl)c3)cc21. The van der Waals surface area contributed by atoms with Gasteiger partial charge in [-0.2, -0.15) is 0 Å². The zero-order valence-corrected chi connectivity index (χ0v) is 14.8. The van der Waals surface area contributed by atoms with E-state index in [0.29, 0.717) is 16.3 Å². The Bertz CT molecular complexity index is 912. The number of rotatable bonds is 4. The number of carbonyl (C=O) groups is 1. The Labute approximate surface area is 146 Å². The highest BCUT2D eigenvalue weighted by molar-refractivity contribution is 7.89. The zero-order valence-electron chi connectivity index (χ0n) is 13.2. The van der Waals surface area contributed by atoms with Crippen molar-refractivity contribution >= 4 is 33.2 Å². The smallest absolute Gasteiger partial charge is 0.241 e. The standard InChI is InChI=1S/C17H17ClN2O3S/c1-10-15-9-14(6-7-16(15)19-17(10)21)24(22,23)20-11(2)12-4-3-5-13(18)8-12/h3-11,20H,1-2H3,(H,19,21)/t10-,11+/m0/s1. The fourth-order valence-electron chi connectivity index (χ4n) is 2.71. The van der Waals surface area contributed by atoms with Crippen LogP contribution in [0, 0.1) is 0 Å². The molecule has 24 heavy (non-hydrogen) atoms. The lowest BCUT2D eigenvalue weighted by atomic mass is 10.0. The van der Waals surface area contributed by atoms with Crippen molar-refractivity contribution < 1.29 is 13.2 Å². The molecule has 0 aromatic heterocycles. The van der Waals surface area contributed by atoms with E-state index in [1.807, 2.05) is 6.07 Å². The summed E-state index contributed by atoms with van der Waals surface area (Å²) in [6.45, 7) is 3.50. The summed E-state index contributed by atoms with van der Waals surface area (Å²) in [6.07, 6.45) is 0. The summed E-state index contributed by atoms with van der Waals surface area (Å²) in [7, 11) is -3.72. The van der Waals surface area contributed by atoms with Gasteiger partial charge in [0.15, 0.2) is 0 Å². The minimum atomic E-state index is -3.72. The Balaban J connectivity index is 1.88. The Morgan fingerprint density at radius 3 is 2.67 bits per heavy atom. The van der Waals surface area contributed by atoms with Crippen molar-refractivity contribution in [3.8, 4) is 0 Å².